The Bertz CT molecular complexity index is 139. The van der Waals surface area contributed by atoms with E-state index in [4.69, 9.17) is 0 Å². The summed E-state index contributed by atoms with van der Waals surface area (Å²) in [7, 11) is 0. The van der Waals surface area contributed by atoms with Gasteiger partial charge in [-0.05, 0) is 19.3 Å². The maximum atomic E-state index is 10.1. The van der Waals surface area contributed by atoms with Gasteiger partial charge in [-0.2, -0.15) is 0 Å². The molecule has 3 heteroatoms. The number of hydrogen-bond acceptors (Lipinski definition) is 2. The van der Waals surface area contributed by atoms with Gasteiger partial charge >= 0.3 is 0 Å². The number of rotatable bonds is 10. The largest absolute Gasteiger partial charge is 0.870 e. The quantitative estimate of drug-likeness (QED) is 0.475. The molecule has 0 amide bonds. The van der Waals surface area contributed by atoms with Gasteiger partial charge in [0.05, 0.1) is 19.6 Å². The molecule has 0 aromatic rings. The molecule has 0 fully saturated rings. The van der Waals surface area contributed by atoms with Crippen molar-refractivity contribution in [3.8, 4) is 0 Å². The summed E-state index contributed by atoms with van der Waals surface area (Å²) < 4.78 is 0.926. The van der Waals surface area contributed by atoms with Crippen molar-refractivity contribution in [2.24, 2.45) is 0 Å². The van der Waals surface area contributed by atoms with E-state index >= 15 is 0 Å². The average Bonchev–Trinajstić information content (AvgIpc) is 2.28. The highest BCUT2D eigenvalue weighted by Gasteiger charge is 2.30. The Labute approximate surface area is 108 Å². The standard InChI is InChI=1S/C14H32NO.H2O/c1-5-8-11-15(14(4)16,12-9-6-2)13-10-7-3;/h14,16H,5-13H2,1-4H3;1H2/q+1;/p-1. The Morgan fingerprint density at radius 3 is 1.29 bits per heavy atom. The summed E-state index contributed by atoms with van der Waals surface area (Å²) in [6.45, 7) is 12.1. The van der Waals surface area contributed by atoms with Crippen molar-refractivity contribution in [1.29, 1.82) is 0 Å². The molecular formula is C14H33NO2. The van der Waals surface area contributed by atoms with Crippen molar-refractivity contribution < 1.29 is 15.1 Å². The van der Waals surface area contributed by atoms with E-state index in [9.17, 15) is 5.11 Å². The zero-order valence-electron chi connectivity index (χ0n) is 12.3. The Morgan fingerprint density at radius 1 is 0.824 bits per heavy atom. The van der Waals surface area contributed by atoms with E-state index in [0.717, 1.165) is 24.1 Å². The van der Waals surface area contributed by atoms with E-state index in [1.807, 2.05) is 6.92 Å². The third-order valence-corrected chi connectivity index (χ3v) is 3.66. The van der Waals surface area contributed by atoms with E-state index in [-0.39, 0.29) is 11.7 Å². The summed E-state index contributed by atoms with van der Waals surface area (Å²) >= 11 is 0. The summed E-state index contributed by atoms with van der Waals surface area (Å²) in [6.07, 6.45) is 7.18. The fourth-order valence-corrected chi connectivity index (χ4v) is 2.31. The highest BCUT2D eigenvalue weighted by atomic mass is 16.3. The van der Waals surface area contributed by atoms with Gasteiger partial charge in [-0.15, -0.1) is 0 Å². The lowest BCUT2D eigenvalue weighted by Crippen LogP contribution is -2.56. The molecule has 106 valence electrons. The van der Waals surface area contributed by atoms with Gasteiger partial charge in [-0.1, -0.05) is 40.0 Å². The number of unbranched alkanes of at least 4 members (excludes halogenated alkanes) is 3. The summed E-state index contributed by atoms with van der Waals surface area (Å²) in [5, 5.41) is 10.1. The van der Waals surface area contributed by atoms with Crippen LogP contribution < -0.4 is 0 Å². The SMILES string of the molecule is CCCC[N+](CCCC)(CCCC)C(C)O.[OH-]. The van der Waals surface area contributed by atoms with Gasteiger partial charge in [0.2, 0.25) is 0 Å². The van der Waals surface area contributed by atoms with Gasteiger partial charge in [0, 0.05) is 6.92 Å². The van der Waals surface area contributed by atoms with Crippen molar-refractivity contribution in [2.45, 2.75) is 72.4 Å². The van der Waals surface area contributed by atoms with Crippen molar-refractivity contribution in [2.75, 3.05) is 19.6 Å². The summed E-state index contributed by atoms with van der Waals surface area (Å²) in [5.41, 5.74) is 0. The van der Waals surface area contributed by atoms with Gasteiger partial charge < -0.3 is 10.6 Å². The maximum Gasteiger partial charge on any atom is 0.187 e. The van der Waals surface area contributed by atoms with Crippen LogP contribution in [0.3, 0.4) is 0 Å². The number of aliphatic hydroxyl groups is 1. The lowest BCUT2D eigenvalue weighted by Gasteiger charge is -2.41. The van der Waals surface area contributed by atoms with Crippen LogP contribution in [0.4, 0.5) is 0 Å². The third kappa shape index (κ3) is 7.02. The number of nitrogens with zero attached hydrogens (tertiary/aromatic N) is 1. The predicted molar refractivity (Wildman–Crippen MR) is 73.2 cm³/mol. The van der Waals surface area contributed by atoms with Crippen molar-refractivity contribution in [3.63, 3.8) is 0 Å². The molecule has 1 unspecified atom stereocenters. The molecule has 0 saturated carbocycles. The average molecular weight is 247 g/mol. The molecule has 17 heavy (non-hydrogen) atoms. The zero-order chi connectivity index (χ0) is 12.4. The summed E-state index contributed by atoms with van der Waals surface area (Å²) in [6, 6.07) is 0. The van der Waals surface area contributed by atoms with E-state index in [1.165, 1.54) is 38.5 Å². The lowest BCUT2D eigenvalue weighted by molar-refractivity contribution is -0.969. The van der Waals surface area contributed by atoms with E-state index in [2.05, 4.69) is 20.8 Å². The zero-order valence-corrected chi connectivity index (χ0v) is 12.3. The smallest absolute Gasteiger partial charge is 0.187 e. The second kappa shape index (κ2) is 11.0. The molecule has 0 aliphatic heterocycles. The molecule has 0 aliphatic carbocycles. The third-order valence-electron chi connectivity index (χ3n) is 3.66. The number of quaternary nitrogens is 1. The van der Waals surface area contributed by atoms with Crippen molar-refractivity contribution in [3.05, 3.63) is 0 Å². The Kier molecular flexibility index (Phi) is 12.4. The molecule has 0 radical (unpaired) electrons. The van der Waals surface area contributed by atoms with Gasteiger partial charge in [0.25, 0.3) is 0 Å². The minimum Gasteiger partial charge on any atom is -0.870 e. The normalized spacial score (nSPS) is 13.2. The summed E-state index contributed by atoms with van der Waals surface area (Å²) in [5.74, 6) is 0. The Hall–Kier alpha value is -0.120. The first kappa shape index (κ1) is 19.2. The minimum atomic E-state index is -0.204. The molecule has 1 atom stereocenters. The predicted octanol–water partition coefficient (Wildman–Crippen LogP) is 3.37. The molecule has 0 heterocycles. The van der Waals surface area contributed by atoms with Crippen LogP contribution in [0.1, 0.15) is 66.2 Å². The minimum absolute atomic E-state index is 0. The van der Waals surface area contributed by atoms with Crippen LogP contribution in [0, 0.1) is 0 Å². The van der Waals surface area contributed by atoms with Crippen molar-refractivity contribution in [1.82, 2.24) is 0 Å². The van der Waals surface area contributed by atoms with Gasteiger partial charge in [0.1, 0.15) is 0 Å². The van der Waals surface area contributed by atoms with Crippen LogP contribution >= 0.6 is 0 Å². The first-order valence-electron chi connectivity index (χ1n) is 7.16. The molecule has 3 nitrogen and oxygen atoms in total. The highest BCUT2D eigenvalue weighted by molar-refractivity contribution is 4.48. The maximum absolute atomic E-state index is 10.1. The molecular weight excluding hydrogens is 214 g/mol. The molecule has 0 aromatic carbocycles. The number of hydrogen-bond donors (Lipinski definition) is 1. The van der Waals surface area contributed by atoms with E-state index < -0.39 is 0 Å². The topological polar surface area (TPSA) is 50.2 Å². The monoisotopic (exact) mass is 247 g/mol. The second-order valence-electron chi connectivity index (χ2n) is 5.08. The van der Waals surface area contributed by atoms with Crippen LogP contribution in [0.25, 0.3) is 0 Å². The molecule has 0 bridgehead atoms. The van der Waals surface area contributed by atoms with Gasteiger partial charge in [-0.25, -0.2) is 0 Å². The van der Waals surface area contributed by atoms with Crippen LogP contribution in [0.15, 0.2) is 0 Å². The lowest BCUT2D eigenvalue weighted by atomic mass is 10.1. The Morgan fingerprint density at radius 2 is 1.12 bits per heavy atom. The van der Waals surface area contributed by atoms with Crippen molar-refractivity contribution >= 4 is 0 Å². The van der Waals surface area contributed by atoms with Gasteiger partial charge in [0.15, 0.2) is 6.23 Å². The Balaban J connectivity index is 0. The highest BCUT2D eigenvalue weighted by Crippen LogP contribution is 2.18. The first-order valence-corrected chi connectivity index (χ1v) is 7.16. The molecule has 0 spiro atoms. The molecule has 2 N–H and O–H groups in total. The first-order chi connectivity index (χ1) is 7.63. The van der Waals surface area contributed by atoms with Gasteiger partial charge in [-0.3, -0.25) is 4.48 Å². The second-order valence-corrected chi connectivity index (χ2v) is 5.08. The van der Waals surface area contributed by atoms with E-state index in [1.54, 1.807) is 0 Å². The molecule has 0 rings (SSSR count). The number of aliphatic hydroxyl groups excluding tert-OH is 1. The fraction of sp³-hybridized carbons (Fsp3) is 1.00. The van der Waals surface area contributed by atoms with Crippen LogP contribution in [-0.2, 0) is 0 Å². The van der Waals surface area contributed by atoms with Crippen LogP contribution in [-0.4, -0.2) is 40.9 Å². The molecule has 0 saturated heterocycles. The molecule has 0 aromatic heterocycles. The van der Waals surface area contributed by atoms with Crippen LogP contribution in [0.2, 0.25) is 0 Å². The molecule has 0 aliphatic rings. The van der Waals surface area contributed by atoms with Crippen LogP contribution in [0.5, 0.6) is 0 Å². The summed E-state index contributed by atoms with van der Waals surface area (Å²) in [4.78, 5) is 0. The van der Waals surface area contributed by atoms with E-state index in [0.29, 0.717) is 0 Å². The fourth-order valence-electron chi connectivity index (χ4n) is 2.31.